The van der Waals surface area contributed by atoms with Gasteiger partial charge in [-0.05, 0) is 41.7 Å². The highest BCUT2D eigenvalue weighted by atomic mass is 32.2. The second-order valence-corrected chi connectivity index (χ2v) is 10.4. The van der Waals surface area contributed by atoms with Crippen LogP contribution < -0.4 is 10.2 Å². The highest BCUT2D eigenvalue weighted by Crippen LogP contribution is 2.34. The van der Waals surface area contributed by atoms with Crippen LogP contribution in [0, 0.1) is 0 Å². The van der Waals surface area contributed by atoms with Crippen molar-refractivity contribution >= 4 is 40.3 Å². The Labute approximate surface area is 232 Å². The van der Waals surface area contributed by atoms with E-state index >= 15 is 0 Å². The van der Waals surface area contributed by atoms with Crippen molar-refractivity contribution in [1.29, 1.82) is 0 Å². The minimum atomic E-state index is -0.545. The van der Waals surface area contributed by atoms with Gasteiger partial charge in [-0.2, -0.15) is 0 Å². The van der Waals surface area contributed by atoms with Crippen molar-refractivity contribution in [3.63, 3.8) is 0 Å². The van der Waals surface area contributed by atoms with E-state index in [-0.39, 0.29) is 30.4 Å². The molecule has 200 valence electrons. The summed E-state index contributed by atoms with van der Waals surface area (Å²) in [6.45, 7) is 3.06. The second kappa shape index (κ2) is 13.1. The van der Waals surface area contributed by atoms with Crippen LogP contribution in [0.25, 0.3) is 11.1 Å². The Morgan fingerprint density at radius 1 is 0.974 bits per heavy atom. The number of esters is 1. The zero-order valence-electron chi connectivity index (χ0n) is 21.9. The lowest BCUT2D eigenvalue weighted by molar-refractivity contribution is -0.142. The number of amides is 2. The van der Waals surface area contributed by atoms with E-state index in [1.807, 2.05) is 78.9 Å². The number of allylic oxidation sites excluding steroid dienone is 1. The number of nitrogens with zero attached hydrogens (tertiary/aromatic N) is 1. The number of ether oxygens (including phenoxy) is 1. The summed E-state index contributed by atoms with van der Waals surface area (Å²) >= 11 is 1.08. The molecule has 0 saturated heterocycles. The van der Waals surface area contributed by atoms with Crippen LogP contribution >= 0.6 is 11.8 Å². The van der Waals surface area contributed by atoms with Crippen molar-refractivity contribution in [2.45, 2.75) is 31.9 Å². The Balaban J connectivity index is 1.60. The normalized spacial score (nSPS) is 13.5. The maximum Gasteiger partial charge on any atom is 0.326 e. The SMILES string of the molecule is CCOC(=O)CN1C(=O)C(NC(=O)CC(SC(C)=O)c2ccccc2)=CCc2ccc(-c3ccccc3)cc21. The predicted molar refractivity (Wildman–Crippen MR) is 153 cm³/mol. The fourth-order valence-corrected chi connectivity index (χ4v) is 5.34. The molecule has 1 unspecified atom stereocenters. The minimum Gasteiger partial charge on any atom is -0.465 e. The lowest BCUT2D eigenvalue weighted by atomic mass is 10.0. The number of hydrogen-bond acceptors (Lipinski definition) is 6. The van der Waals surface area contributed by atoms with Gasteiger partial charge in [-0.25, -0.2) is 0 Å². The average Bonchev–Trinajstić information content (AvgIpc) is 3.05. The molecule has 0 fully saturated rings. The zero-order chi connectivity index (χ0) is 27.8. The van der Waals surface area contributed by atoms with E-state index < -0.39 is 23.0 Å². The van der Waals surface area contributed by atoms with Gasteiger partial charge in [0.05, 0.1) is 6.61 Å². The molecule has 2 amide bonds. The summed E-state index contributed by atoms with van der Waals surface area (Å²) in [5.74, 6) is -1.45. The molecule has 39 heavy (non-hydrogen) atoms. The maximum absolute atomic E-state index is 13.7. The fourth-order valence-electron chi connectivity index (χ4n) is 4.41. The number of rotatable bonds is 9. The van der Waals surface area contributed by atoms with E-state index in [1.54, 1.807) is 13.0 Å². The second-order valence-electron chi connectivity index (χ2n) is 8.99. The van der Waals surface area contributed by atoms with Gasteiger partial charge in [-0.15, -0.1) is 0 Å². The quantitative estimate of drug-likeness (QED) is 0.373. The third kappa shape index (κ3) is 7.23. The molecule has 7 nitrogen and oxygen atoms in total. The molecule has 0 radical (unpaired) electrons. The molecule has 0 aliphatic carbocycles. The van der Waals surface area contributed by atoms with Crippen LogP contribution in [-0.2, 0) is 30.3 Å². The Morgan fingerprint density at radius 3 is 2.33 bits per heavy atom. The van der Waals surface area contributed by atoms with Crippen LogP contribution in [0.4, 0.5) is 5.69 Å². The summed E-state index contributed by atoms with van der Waals surface area (Å²) in [6.07, 6.45) is 2.05. The van der Waals surface area contributed by atoms with E-state index in [4.69, 9.17) is 4.74 Å². The standard InChI is InChI=1S/C31H30N2O5S/c1-3-38-30(36)20-33-27-18-25(22-10-6-4-7-11-22)15-14-23(27)16-17-26(31(33)37)32-29(35)19-28(39-21(2)34)24-12-8-5-9-13-24/h4-15,17-18,28H,3,16,19-20H2,1-2H3,(H,32,35). The predicted octanol–water partition coefficient (Wildman–Crippen LogP) is 5.22. The molecule has 3 aromatic carbocycles. The molecule has 0 aromatic heterocycles. The van der Waals surface area contributed by atoms with Crippen molar-refractivity contribution in [2.75, 3.05) is 18.1 Å². The Hall–Kier alpha value is -4.17. The maximum atomic E-state index is 13.7. The fraction of sp³-hybridized carbons (Fsp3) is 0.226. The zero-order valence-corrected chi connectivity index (χ0v) is 22.7. The first-order chi connectivity index (χ1) is 18.9. The number of thioether (sulfide) groups is 1. The van der Waals surface area contributed by atoms with Crippen LogP contribution in [0.1, 0.15) is 36.6 Å². The molecule has 1 aliphatic heterocycles. The minimum absolute atomic E-state index is 0.00185. The molecule has 1 N–H and O–H groups in total. The van der Waals surface area contributed by atoms with Gasteiger partial charge in [-0.1, -0.05) is 90.6 Å². The molecule has 1 aliphatic rings. The van der Waals surface area contributed by atoms with E-state index in [0.29, 0.717) is 12.1 Å². The molecular formula is C31H30N2O5S. The van der Waals surface area contributed by atoms with Crippen LogP contribution in [-0.4, -0.2) is 36.1 Å². The van der Waals surface area contributed by atoms with Crippen LogP contribution in [0.3, 0.4) is 0 Å². The molecule has 0 saturated carbocycles. The monoisotopic (exact) mass is 542 g/mol. The van der Waals surface area contributed by atoms with Gasteiger partial charge in [0.2, 0.25) is 5.91 Å². The first-order valence-electron chi connectivity index (χ1n) is 12.7. The van der Waals surface area contributed by atoms with E-state index in [0.717, 1.165) is 34.0 Å². The first-order valence-corrected chi connectivity index (χ1v) is 13.6. The lowest BCUT2D eigenvalue weighted by Crippen LogP contribution is -2.41. The highest BCUT2D eigenvalue weighted by molar-refractivity contribution is 8.13. The van der Waals surface area contributed by atoms with E-state index in [9.17, 15) is 19.2 Å². The highest BCUT2D eigenvalue weighted by Gasteiger charge is 2.29. The number of nitrogens with one attached hydrogen (secondary N) is 1. The summed E-state index contributed by atoms with van der Waals surface area (Å²) in [5, 5.41) is 2.25. The molecule has 8 heteroatoms. The van der Waals surface area contributed by atoms with Gasteiger partial charge in [-0.3, -0.25) is 24.1 Å². The third-order valence-corrected chi connectivity index (χ3v) is 7.26. The number of carbonyl (C=O) groups excluding carboxylic acids is 4. The van der Waals surface area contributed by atoms with E-state index in [2.05, 4.69) is 5.32 Å². The summed E-state index contributed by atoms with van der Waals surface area (Å²) in [7, 11) is 0. The summed E-state index contributed by atoms with van der Waals surface area (Å²) in [4.78, 5) is 52.6. The molecule has 1 heterocycles. The molecular weight excluding hydrogens is 512 g/mol. The van der Waals surface area contributed by atoms with Gasteiger partial charge in [0, 0.05) is 24.3 Å². The smallest absolute Gasteiger partial charge is 0.326 e. The summed E-state index contributed by atoms with van der Waals surface area (Å²) in [5.41, 5.74) is 4.23. The van der Waals surface area contributed by atoms with Crippen LogP contribution in [0.15, 0.2) is 90.6 Å². The van der Waals surface area contributed by atoms with Crippen molar-refractivity contribution in [3.05, 3.63) is 102 Å². The number of carbonyl (C=O) groups is 4. The van der Waals surface area contributed by atoms with Gasteiger partial charge in [0.15, 0.2) is 5.12 Å². The van der Waals surface area contributed by atoms with Gasteiger partial charge >= 0.3 is 5.97 Å². The average molecular weight is 543 g/mol. The van der Waals surface area contributed by atoms with Crippen molar-refractivity contribution in [3.8, 4) is 11.1 Å². The van der Waals surface area contributed by atoms with Crippen molar-refractivity contribution in [1.82, 2.24) is 5.32 Å². The van der Waals surface area contributed by atoms with Gasteiger partial charge < -0.3 is 10.1 Å². The summed E-state index contributed by atoms with van der Waals surface area (Å²) < 4.78 is 5.14. The number of fused-ring (bicyclic) bond motifs is 1. The topological polar surface area (TPSA) is 92.8 Å². The molecule has 0 bridgehead atoms. The Kier molecular flexibility index (Phi) is 9.33. The molecule has 1 atom stereocenters. The van der Waals surface area contributed by atoms with Crippen LogP contribution in [0.5, 0.6) is 0 Å². The first kappa shape index (κ1) is 27.9. The summed E-state index contributed by atoms with van der Waals surface area (Å²) in [6, 6.07) is 24.8. The van der Waals surface area contributed by atoms with Gasteiger partial charge in [0.1, 0.15) is 12.2 Å². The molecule has 0 spiro atoms. The largest absolute Gasteiger partial charge is 0.465 e. The van der Waals surface area contributed by atoms with E-state index in [1.165, 1.54) is 11.8 Å². The third-order valence-electron chi connectivity index (χ3n) is 6.20. The molecule has 4 rings (SSSR count). The van der Waals surface area contributed by atoms with Crippen molar-refractivity contribution in [2.24, 2.45) is 0 Å². The number of benzene rings is 3. The Bertz CT molecular complexity index is 1390. The van der Waals surface area contributed by atoms with Crippen LogP contribution in [0.2, 0.25) is 0 Å². The van der Waals surface area contributed by atoms with Gasteiger partial charge in [0.25, 0.3) is 5.91 Å². The lowest BCUT2D eigenvalue weighted by Gasteiger charge is -2.24. The molecule has 3 aromatic rings. The number of anilines is 1. The number of hydrogen-bond donors (Lipinski definition) is 1. The van der Waals surface area contributed by atoms with Crippen molar-refractivity contribution < 1.29 is 23.9 Å². The Morgan fingerprint density at radius 2 is 1.67 bits per heavy atom.